The van der Waals surface area contributed by atoms with Gasteiger partial charge in [0.15, 0.2) is 0 Å². The summed E-state index contributed by atoms with van der Waals surface area (Å²) in [6.45, 7) is 3.78. The van der Waals surface area contributed by atoms with Crippen molar-refractivity contribution >= 4 is 23.4 Å². The fourth-order valence-corrected chi connectivity index (χ4v) is 2.62. The summed E-state index contributed by atoms with van der Waals surface area (Å²) in [7, 11) is 1.98. The number of fused-ring (bicyclic) bond motifs is 1. The van der Waals surface area contributed by atoms with E-state index in [1.54, 1.807) is 12.3 Å². The number of aromatic amines is 1. The highest BCUT2D eigenvalue weighted by molar-refractivity contribution is 5.85. The molecule has 0 aromatic carbocycles. The van der Waals surface area contributed by atoms with Gasteiger partial charge in [-0.3, -0.25) is 0 Å². The molecule has 0 aliphatic rings. The predicted octanol–water partition coefficient (Wildman–Crippen LogP) is 3.35. The zero-order valence-corrected chi connectivity index (χ0v) is 13.5. The third-order valence-corrected chi connectivity index (χ3v) is 3.72. The van der Waals surface area contributed by atoms with Gasteiger partial charge in [0.1, 0.15) is 18.5 Å². The molecule has 0 bridgehead atoms. The number of aryl methyl sites for hydroxylation is 1. The Bertz CT molecular complexity index is 856. The first-order valence-electron chi connectivity index (χ1n) is 7.67. The molecule has 1 unspecified atom stereocenters. The standard InChI is InChI=1S/C19H19N3O2/c1-3-16(24-10-9-23)7-6-15-12-22(2)13-17(15)18-11-14-5-4-8-20-19(14)21-18/h3-9,11-13,16H,1,10H2,2H3,(H,20,21). The van der Waals surface area contributed by atoms with Crippen LogP contribution in [0.25, 0.3) is 28.4 Å². The van der Waals surface area contributed by atoms with Gasteiger partial charge in [-0.05, 0) is 18.2 Å². The second-order valence-electron chi connectivity index (χ2n) is 5.48. The second kappa shape index (κ2) is 7.10. The lowest BCUT2D eigenvalue weighted by Crippen LogP contribution is -2.07. The van der Waals surface area contributed by atoms with E-state index in [2.05, 4.69) is 28.8 Å². The van der Waals surface area contributed by atoms with E-state index in [0.29, 0.717) is 0 Å². The van der Waals surface area contributed by atoms with Crippen LogP contribution in [0.2, 0.25) is 0 Å². The van der Waals surface area contributed by atoms with E-state index in [-0.39, 0.29) is 12.7 Å². The molecule has 0 spiro atoms. The molecule has 0 radical (unpaired) electrons. The molecular weight excluding hydrogens is 302 g/mol. The zero-order valence-electron chi connectivity index (χ0n) is 13.5. The number of carbonyl (C=O) groups excluding carboxylic acids is 1. The van der Waals surface area contributed by atoms with Crippen LogP contribution >= 0.6 is 0 Å². The summed E-state index contributed by atoms with van der Waals surface area (Å²) in [4.78, 5) is 18.1. The Morgan fingerprint density at radius 1 is 1.46 bits per heavy atom. The molecular formula is C19H19N3O2. The molecule has 1 atom stereocenters. The molecule has 5 heteroatoms. The molecule has 0 saturated heterocycles. The molecule has 3 heterocycles. The number of nitrogens with one attached hydrogen (secondary N) is 1. The summed E-state index contributed by atoms with van der Waals surface area (Å²) in [5.74, 6) is 0. The number of ether oxygens (including phenoxy) is 1. The lowest BCUT2D eigenvalue weighted by molar-refractivity contribution is -0.112. The quantitative estimate of drug-likeness (QED) is 0.536. The highest BCUT2D eigenvalue weighted by Crippen LogP contribution is 2.27. The van der Waals surface area contributed by atoms with Crippen molar-refractivity contribution in [2.24, 2.45) is 7.05 Å². The molecule has 5 nitrogen and oxygen atoms in total. The molecule has 3 rings (SSSR count). The van der Waals surface area contributed by atoms with Crippen molar-refractivity contribution in [3.8, 4) is 11.3 Å². The van der Waals surface area contributed by atoms with E-state index in [1.807, 2.05) is 42.1 Å². The Balaban J connectivity index is 1.92. The van der Waals surface area contributed by atoms with Crippen LogP contribution in [0.5, 0.6) is 0 Å². The lowest BCUT2D eigenvalue weighted by atomic mass is 10.1. The fourth-order valence-electron chi connectivity index (χ4n) is 2.62. The third kappa shape index (κ3) is 3.36. The second-order valence-corrected chi connectivity index (χ2v) is 5.48. The molecule has 1 N–H and O–H groups in total. The van der Waals surface area contributed by atoms with Crippen LogP contribution in [0, 0.1) is 0 Å². The third-order valence-electron chi connectivity index (χ3n) is 3.72. The van der Waals surface area contributed by atoms with E-state index in [4.69, 9.17) is 4.74 Å². The summed E-state index contributed by atoms with van der Waals surface area (Å²) in [6, 6.07) is 6.04. The van der Waals surface area contributed by atoms with Gasteiger partial charge < -0.3 is 19.1 Å². The van der Waals surface area contributed by atoms with Crippen molar-refractivity contribution in [3.63, 3.8) is 0 Å². The van der Waals surface area contributed by atoms with Gasteiger partial charge in [0.25, 0.3) is 0 Å². The van der Waals surface area contributed by atoms with Crippen molar-refractivity contribution in [3.05, 3.63) is 61.1 Å². The SMILES string of the molecule is C=CC(C=Cc1cn(C)cc1-c1cc2cccnc2[nH]1)OCC=O. The molecule has 3 aromatic rings. The molecule has 0 saturated carbocycles. The van der Waals surface area contributed by atoms with E-state index < -0.39 is 0 Å². The first kappa shape index (κ1) is 16.0. The Morgan fingerprint density at radius 2 is 2.33 bits per heavy atom. The number of rotatable bonds is 7. The number of carbonyl (C=O) groups is 1. The summed E-state index contributed by atoms with van der Waals surface area (Å²) in [5.41, 5.74) is 3.99. The van der Waals surface area contributed by atoms with Crippen LogP contribution in [0.15, 0.2) is 55.5 Å². The summed E-state index contributed by atoms with van der Waals surface area (Å²) >= 11 is 0. The maximum Gasteiger partial charge on any atom is 0.145 e. The Labute approximate surface area is 140 Å². The van der Waals surface area contributed by atoms with Gasteiger partial charge in [-0.25, -0.2) is 4.98 Å². The van der Waals surface area contributed by atoms with E-state index in [9.17, 15) is 4.79 Å². The van der Waals surface area contributed by atoms with Crippen molar-refractivity contribution in [1.29, 1.82) is 0 Å². The molecule has 0 aliphatic carbocycles. The summed E-state index contributed by atoms with van der Waals surface area (Å²) in [5, 5.41) is 1.07. The highest BCUT2D eigenvalue weighted by Gasteiger charge is 2.10. The average molecular weight is 321 g/mol. The Hall–Kier alpha value is -2.92. The van der Waals surface area contributed by atoms with Gasteiger partial charge in [-0.2, -0.15) is 0 Å². The van der Waals surface area contributed by atoms with E-state index in [1.165, 1.54) is 0 Å². The number of pyridine rings is 1. The monoisotopic (exact) mass is 321 g/mol. The van der Waals surface area contributed by atoms with Gasteiger partial charge >= 0.3 is 0 Å². The van der Waals surface area contributed by atoms with E-state index >= 15 is 0 Å². The number of hydrogen-bond donors (Lipinski definition) is 1. The fraction of sp³-hybridized carbons (Fsp3) is 0.158. The number of aldehydes is 1. The lowest BCUT2D eigenvalue weighted by Gasteiger charge is -2.06. The van der Waals surface area contributed by atoms with Crippen LogP contribution in [-0.2, 0) is 16.6 Å². The normalized spacial score (nSPS) is 12.7. The topological polar surface area (TPSA) is 59.9 Å². The summed E-state index contributed by atoms with van der Waals surface area (Å²) in [6.07, 6.45) is 11.8. The van der Waals surface area contributed by atoms with Gasteiger partial charge in [-0.15, -0.1) is 6.58 Å². The highest BCUT2D eigenvalue weighted by atomic mass is 16.5. The van der Waals surface area contributed by atoms with Gasteiger partial charge in [0, 0.05) is 47.8 Å². The number of aromatic nitrogens is 3. The van der Waals surface area contributed by atoms with E-state index in [0.717, 1.165) is 34.1 Å². The first-order chi connectivity index (χ1) is 11.7. The number of nitrogens with zero attached hydrogens (tertiary/aromatic N) is 2. The smallest absolute Gasteiger partial charge is 0.145 e. The van der Waals surface area contributed by atoms with Crippen LogP contribution in [0.1, 0.15) is 5.56 Å². The molecule has 0 amide bonds. The minimum Gasteiger partial charge on any atom is -0.363 e. The van der Waals surface area contributed by atoms with Crippen molar-refractivity contribution in [2.75, 3.05) is 6.61 Å². The molecule has 122 valence electrons. The van der Waals surface area contributed by atoms with Gasteiger partial charge in [-0.1, -0.05) is 18.2 Å². The van der Waals surface area contributed by atoms with Crippen LogP contribution in [0.3, 0.4) is 0 Å². The minimum atomic E-state index is -0.298. The molecule has 0 aliphatic heterocycles. The maximum absolute atomic E-state index is 10.4. The molecule has 3 aromatic heterocycles. The minimum absolute atomic E-state index is 0.0519. The van der Waals surface area contributed by atoms with Gasteiger partial charge in [0.2, 0.25) is 0 Å². The number of hydrogen-bond acceptors (Lipinski definition) is 3. The zero-order chi connectivity index (χ0) is 16.9. The largest absolute Gasteiger partial charge is 0.363 e. The Kier molecular flexibility index (Phi) is 4.72. The van der Waals surface area contributed by atoms with Crippen LogP contribution in [-0.4, -0.2) is 33.5 Å². The van der Waals surface area contributed by atoms with Crippen molar-refractivity contribution in [2.45, 2.75) is 6.10 Å². The maximum atomic E-state index is 10.4. The molecule has 24 heavy (non-hydrogen) atoms. The average Bonchev–Trinajstić information content (AvgIpc) is 3.18. The number of H-pyrrole nitrogens is 1. The predicted molar refractivity (Wildman–Crippen MR) is 95.5 cm³/mol. The van der Waals surface area contributed by atoms with Gasteiger partial charge in [0.05, 0.1) is 6.10 Å². The van der Waals surface area contributed by atoms with Crippen molar-refractivity contribution < 1.29 is 9.53 Å². The Morgan fingerprint density at radius 3 is 3.08 bits per heavy atom. The first-order valence-corrected chi connectivity index (χ1v) is 7.67. The molecule has 0 fully saturated rings. The van der Waals surface area contributed by atoms with Crippen LogP contribution < -0.4 is 0 Å². The van der Waals surface area contributed by atoms with Crippen LogP contribution in [0.4, 0.5) is 0 Å². The van der Waals surface area contributed by atoms with Crippen molar-refractivity contribution in [1.82, 2.24) is 14.5 Å². The summed E-state index contributed by atoms with van der Waals surface area (Å²) < 4.78 is 7.37.